The van der Waals surface area contributed by atoms with Gasteiger partial charge >= 0.3 is 0 Å². The number of hydrogen-bond donors (Lipinski definition) is 1. The summed E-state index contributed by atoms with van der Waals surface area (Å²) in [6.07, 6.45) is 0.735. The van der Waals surface area contributed by atoms with Gasteiger partial charge in [-0.15, -0.1) is 0 Å². The second kappa shape index (κ2) is 5.41. The molecule has 0 radical (unpaired) electrons. The van der Waals surface area contributed by atoms with E-state index in [0.29, 0.717) is 21.5 Å². The van der Waals surface area contributed by atoms with Crippen molar-refractivity contribution in [2.75, 3.05) is 12.4 Å². The van der Waals surface area contributed by atoms with E-state index < -0.39 is 0 Å². The van der Waals surface area contributed by atoms with Gasteiger partial charge in [0.1, 0.15) is 10.8 Å². The molecule has 0 spiro atoms. The number of methoxy groups -OCH3 is 1. The van der Waals surface area contributed by atoms with Crippen molar-refractivity contribution < 1.29 is 9.53 Å². The SMILES string of the molecule is CCc1cc(OC)c(Cl)c(NC(C)=O)c1Cl. The summed E-state index contributed by atoms with van der Waals surface area (Å²) in [6.45, 7) is 3.36. The smallest absolute Gasteiger partial charge is 0.221 e. The number of carbonyl (C=O) groups is 1. The Labute approximate surface area is 105 Å². The minimum Gasteiger partial charge on any atom is -0.495 e. The Balaban J connectivity index is 3.36. The Morgan fingerprint density at radius 1 is 1.44 bits per heavy atom. The Bertz CT molecular complexity index is 391. The maximum absolute atomic E-state index is 11.0. The van der Waals surface area contributed by atoms with Crippen LogP contribution in [-0.4, -0.2) is 13.0 Å². The van der Waals surface area contributed by atoms with Crippen LogP contribution in [-0.2, 0) is 11.2 Å². The molecule has 5 heteroatoms. The van der Waals surface area contributed by atoms with E-state index in [1.165, 1.54) is 14.0 Å². The number of ether oxygens (including phenoxy) is 1. The number of carbonyl (C=O) groups excluding carboxylic acids is 1. The number of benzene rings is 1. The summed E-state index contributed by atoms with van der Waals surface area (Å²) in [5.74, 6) is 0.283. The molecule has 0 bridgehead atoms. The molecule has 1 amide bonds. The zero-order chi connectivity index (χ0) is 12.3. The Kier molecular flexibility index (Phi) is 4.44. The van der Waals surface area contributed by atoms with Crippen molar-refractivity contribution in [1.29, 1.82) is 0 Å². The predicted molar refractivity (Wildman–Crippen MR) is 66.7 cm³/mol. The average molecular weight is 262 g/mol. The lowest BCUT2D eigenvalue weighted by Crippen LogP contribution is -2.08. The van der Waals surface area contributed by atoms with E-state index in [1.54, 1.807) is 6.07 Å². The maximum atomic E-state index is 11.0. The van der Waals surface area contributed by atoms with Gasteiger partial charge in [-0.3, -0.25) is 4.79 Å². The first-order valence-corrected chi connectivity index (χ1v) is 5.59. The molecule has 16 heavy (non-hydrogen) atoms. The Hall–Kier alpha value is -0.930. The van der Waals surface area contributed by atoms with E-state index in [2.05, 4.69) is 5.32 Å². The van der Waals surface area contributed by atoms with Crippen LogP contribution >= 0.6 is 23.2 Å². The van der Waals surface area contributed by atoms with E-state index >= 15 is 0 Å². The third-order valence-corrected chi connectivity index (χ3v) is 2.95. The van der Waals surface area contributed by atoms with Gasteiger partial charge in [0.15, 0.2) is 0 Å². The summed E-state index contributed by atoms with van der Waals surface area (Å²) in [5.41, 5.74) is 1.29. The van der Waals surface area contributed by atoms with Crippen LogP contribution in [0.2, 0.25) is 10.0 Å². The highest BCUT2D eigenvalue weighted by molar-refractivity contribution is 6.41. The number of hydrogen-bond acceptors (Lipinski definition) is 2. The molecule has 0 aliphatic carbocycles. The first-order chi connectivity index (χ1) is 7.51. The fraction of sp³-hybridized carbons (Fsp3) is 0.364. The number of anilines is 1. The lowest BCUT2D eigenvalue weighted by Gasteiger charge is -2.14. The highest BCUT2D eigenvalue weighted by Gasteiger charge is 2.16. The molecular formula is C11H13Cl2NO2. The highest BCUT2D eigenvalue weighted by atomic mass is 35.5. The molecule has 0 unspecified atom stereocenters. The fourth-order valence-corrected chi connectivity index (χ4v) is 2.01. The minimum absolute atomic E-state index is 0.223. The van der Waals surface area contributed by atoms with E-state index in [1.807, 2.05) is 6.92 Å². The number of nitrogens with one attached hydrogen (secondary N) is 1. The van der Waals surface area contributed by atoms with Crippen LogP contribution in [0.15, 0.2) is 6.07 Å². The van der Waals surface area contributed by atoms with Crippen LogP contribution < -0.4 is 10.1 Å². The zero-order valence-electron chi connectivity index (χ0n) is 9.36. The fourth-order valence-electron chi connectivity index (χ4n) is 1.36. The zero-order valence-corrected chi connectivity index (χ0v) is 10.9. The molecule has 0 atom stereocenters. The summed E-state index contributed by atoms with van der Waals surface area (Å²) in [5, 5.41) is 3.39. The summed E-state index contributed by atoms with van der Waals surface area (Å²) in [4.78, 5) is 11.0. The molecule has 0 saturated carbocycles. The third-order valence-electron chi connectivity index (χ3n) is 2.14. The van der Waals surface area contributed by atoms with Gasteiger partial charge in [0.2, 0.25) is 5.91 Å². The number of amides is 1. The van der Waals surface area contributed by atoms with Gasteiger partial charge in [0.05, 0.1) is 17.8 Å². The second-order valence-corrected chi connectivity index (χ2v) is 4.03. The lowest BCUT2D eigenvalue weighted by molar-refractivity contribution is -0.114. The van der Waals surface area contributed by atoms with Gasteiger partial charge < -0.3 is 10.1 Å². The van der Waals surface area contributed by atoms with Crippen molar-refractivity contribution in [3.8, 4) is 5.75 Å². The molecule has 1 N–H and O–H groups in total. The maximum Gasteiger partial charge on any atom is 0.221 e. The van der Waals surface area contributed by atoms with Gasteiger partial charge in [0.25, 0.3) is 0 Å². The standard InChI is InChI=1S/C11H13Cl2NO2/c1-4-7-5-8(16-3)10(13)11(9(7)12)14-6(2)15/h5H,4H2,1-3H3,(H,14,15). The van der Waals surface area contributed by atoms with Gasteiger partial charge in [-0.25, -0.2) is 0 Å². The van der Waals surface area contributed by atoms with E-state index in [-0.39, 0.29) is 5.91 Å². The van der Waals surface area contributed by atoms with Crippen LogP contribution in [0.1, 0.15) is 19.4 Å². The normalized spacial score (nSPS) is 10.1. The average Bonchev–Trinajstić information content (AvgIpc) is 2.24. The first kappa shape index (κ1) is 13.1. The molecule has 1 aromatic carbocycles. The van der Waals surface area contributed by atoms with Gasteiger partial charge in [-0.05, 0) is 18.1 Å². The molecule has 1 rings (SSSR count). The minimum atomic E-state index is -0.223. The molecule has 0 aromatic heterocycles. The quantitative estimate of drug-likeness (QED) is 0.904. The van der Waals surface area contributed by atoms with Crippen molar-refractivity contribution in [2.24, 2.45) is 0 Å². The molecular weight excluding hydrogens is 249 g/mol. The number of rotatable bonds is 3. The lowest BCUT2D eigenvalue weighted by atomic mass is 10.1. The van der Waals surface area contributed by atoms with Crippen molar-refractivity contribution in [3.05, 3.63) is 21.7 Å². The summed E-state index contributed by atoms with van der Waals surface area (Å²) < 4.78 is 5.12. The van der Waals surface area contributed by atoms with Gasteiger partial charge in [-0.2, -0.15) is 0 Å². The summed E-state index contributed by atoms with van der Waals surface area (Å²) in [6, 6.07) is 1.77. The third kappa shape index (κ3) is 2.60. The van der Waals surface area contributed by atoms with E-state index in [0.717, 1.165) is 12.0 Å². The van der Waals surface area contributed by atoms with Crippen LogP contribution in [0.5, 0.6) is 5.75 Å². The molecule has 0 saturated heterocycles. The van der Waals surface area contributed by atoms with Crippen molar-refractivity contribution in [1.82, 2.24) is 0 Å². The second-order valence-electron chi connectivity index (χ2n) is 3.28. The molecule has 0 aliphatic heterocycles. The van der Waals surface area contributed by atoms with Gasteiger partial charge in [-0.1, -0.05) is 30.1 Å². The Morgan fingerprint density at radius 2 is 2.06 bits per heavy atom. The van der Waals surface area contributed by atoms with Crippen molar-refractivity contribution in [3.63, 3.8) is 0 Å². The van der Waals surface area contributed by atoms with E-state index in [9.17, 15) is 4.79 Å². The molecule has 3 nitrogen and oxygen atoms in total. The first-order valence-electron chi connectivity index (χ1n) is 4.83. The number of aryl methyl sites for hydroxylation is 1. The van der Waals surface area contributed by atoms with Crippen molar-refractivity contribution in [2.45, 2.75) is 20.3 Å². The van der Waals surface area contributed by atoms with Crippen LogP contribution in [0.3, 0.4) is 0 Å². The largest absolute Gasteiger partial charge is 0.495 e. The van der Waals surface area contributed by atoms with Crippen LogP contribution in [0.25, 0.3) is 0 Å². The topological polar surface area (TPSA) is 38.3 Å². The number of halogens is 2. The summed E-state index contributed by atoms with van der Waals surface area (Å²) in [7, 11) is 1.52. The highest BCUT2D eigenvalue weighted by Crippen LogP contribution is 2.40. The molecule has 0 aliphatic rings. The molecule has 0 heterocycles. The molecule has 0 fully saturated rings. The van der Waals surface area contributed by atoms with Crippen LogP contribution in [0.4, 0.5) is 5.69 Å². The monoisotopic (exact) mass is 261 g/mol. The Morgan fingerprint density at radius 3 is 2.50 bits per heavy atom. The predicted octanol–water partition coefficient (Wildman–Crippen LogP) is 3.52. The van der Waals surface area contributed by atoms with Crippen molar-refractivity contribution >= 4 is 34.8 Å². The molecule has 1 aromatic rings. The van der Waals surface area contributed by atoms with E-state index in [4.69, 9.17) is 27.9 Å². The van der Waals surface area contributed by atoms with Crippen LogP contribution in [0, 0.1) is 0 Å². The molecule has 88 valence electrons. The van der Waals surface area contributed by atoms with Gasteiger partial charge in [0, 0.05) is 6.92 Å². The summed E-state index contributed by atoms with van der Waals surface area (Å²) >= 11 is 12.2.